The van der Waals surface area contributed by atoms with Gasteiger partial charge in [0.05, 0.1) is 6.10 Å². The molecule has 0 aromatic heterocycles. The maximum absolute atomic E-state index is 11.8. The predicted octanol–water partition coefficient (Wildman–Crippen LogP) is 3.18. The maximum Gasteiger partial charge on any atom is 0.408 e. The molecule has 0 saturated heterocycles. The van der Waals surface area contributed by atoms with Crippen molar-refractivity contribution in [2.24, 2.45) is 0 Å². The van der Waals surface area contributed by atoms with Crippen LogP contribution in [0.5, 0.6) is 0 Å². The lowest BCUT2D eigenvalue weighted by Crippen LogP contribution is -2.44. The zero-order valence-corrected chi connectivity index (χ0v) is 13.8. The molecule has 2 atom stereocenters. The van der Waals surface area contributed by atoms with E-state index in [4.69, 9.17) is 9.47 Å². The van der Waals surface area contributed by atoms with Crippen molar-refractivity contribution in [1.29, 1.82) is 0 Å². The van der Waals surface area contributed by atoms with E-state index >= 15 is 0 Å². The molecule has 1 N–H and O–H groups in total. The summed E-state index contributed by atoms with van der Waals surface area (Å²) in [5, 5.41) is 2.48. The van der Waals surface area contributed by atoms with Gasteiger partial charge in [0, 0.05) is 7.11 Å². The number of aldehydes is 1. The van der Waals surface area contributed by atoms with Gasteiger partial charge in [0.25, 0.3) is 0 Å². The van der Waals surface area contributed by atoms with Gasteiger partial charge in [0.15, 0.2) is 0 Å². The fourth-order valence-electron chi connectivity index (χ4n) is 2.21. The molecule has 0 heterocycles. The standard InChI is InChI=1S/C19H21NO4/c1-14(23-2)18(12-21)20-19(22)24-13-15-7-6-10-17(11-15)16-8-4-3-5-9-16/h3-12,14,18H,13H2,1-2H3,(H,20,22). The summed E-state index contributed by atoms with van der Waals surface area (Å²) in [5.74, 6) is 0. The molecule has 1 amide bonds. The van der Waals surface area contributed by atoms with E-state index in [9.17, 15) is 9.59 Å². The molecule has 2 unspecified atom stereocenters. The number of hydrogen-bond acceptors (Lipinski definition) is 4. The molecule has 0 spiro atoms. The maximum atomic E-state index is 11.8. The van der Waals surface area contributed by atoms with Gasteiger partial charge in [-0.05, 0) is 29.7 Å². The summed E-state index contributed by atoms with van der Waals surface area (Å²) < 4.78 is 10.2. The van der Waals surface area contributed by atoms with E-state index in [0.717, 1.165) is 16.7 Å². The number of benzene rings is 2. The third-order valence-electron chi connectivity index (χ3n) is 3.71. The minimum atomic E-state index is -0.738. The predicted molar refractivity (Wildman–Crippen MR) is 91.5 cm³/mol. The van der Waals surface area contributed by atoms with Crippen LogP contribution >= 0.6 is 0 Å². The minimum absolute atomic E-state index is 0.124. The second kappa shape index (κ2) is 8.84. The van der Waals surface area contributed by atoms with Crippen LogP contribution in [0.2, 0.25) is 0 Å². The van der Waals surface area contributed by atoms with Crippen molar-refractivity contribution < 1.29 is 19.1 Å². The van der Waals surface area contributed by atoms with Crippen molar-refractivity contribution in [2.45, 2.75) is 25.7 Å². The Bertz CT molecular complexity index is 672. The van der Waals surface area contributed by atoms with E-state index in [-0.39, 0.29) is 6.61 Å². The molecule has 0 saturated carbocycles. The van der Waals surface area contributed by atoms with Crippen LogP contribution in [0, 0.1) is 0 Å². The van der Waals surface area contributed by atoms with Gasteiger partial charge >= 0.3 is 6.09 Å². The Morgan fingerprint density at radius 2 is 1.83 bits per heavy atom. The van der Waals surface area contributed by atoms with Crippen molar-refractivity contribution >= 4 is 12.4 Å². The van der Waals surface area contributed by atoms with E-state index in [1.54, 1.807) is 6.92 Å². The number of carbonyl (C=O) groups excluding carboxylic acids is 2. The zero-order valence-electron chi connectivity index (χ0n) is 13.8. The van der Waals surface area contributed by atoms with Crippen LogP contribution < -0.4 is 5.32 Å². The van der Waals surface area contributed by atoms with E-state index in [1.807, 2.05) is 54.6 Å². The topological polar surface area (TPSA) is 64.6 Å². The molecule has 5 nitrogen and oxygen atoms in total. The van der Waals surface area contributed by atoms with E-state index in [1.165, 1.54) is 7.11 Å². The van der Waals surface area contributed by atoms with Crippen molar-refractivity contribution in [3.8, 4) is 11.1 Å². The average molecular weight is 327 g/mol. The number of hydrogen-bond donors (Lipinski definition) is 1. The molecule has 0 bridgehead atoms. The minimum Gasteiger partial charge on any atom is -0.445 e. The molecule has 0 fully saturated rings. The lowest BCUT2D eigenvalue weighted by Gasteiger charge is -2.18. The van der Waals surface area contributed by atoms with Gasteiger partial charge in [0.1, 0.15) is 18.9 Å². The second-order valence-corrected chi connectivity index (χ2v) is 5.39. The van der Waals surface area contributed by atoms with Gasteiger partial charge in [-0.2, -0.15) is 0 Å². The van der Waals surface area contributed by atoms with Gasteiger partial charge < -0.3 is 19.6 Å². The third-order valence-corrected chi connectivity index (χ3v) is 3.71. The quantitative estimate of drug-likeness (QED) is 0.793. The summed E-state index contributed by atoms with van der Waals surface area (Å²) >= 11 is 0. The number of nitrogens with one attached hydrogen (secondary N) is 1. The lowest BCUT2D eigenvalue weighted by atomic mass is 10.0. The number of alkyl carbamates (subject to hydrolysis) is 1. The molecule has 0 aliphatic rings. The van der Waals surface area contributed by atoms with Crippen LogP contribution in [0.4, 0.5) is 4.79 Å². The van der Waals surface area contributed by atoms with Gasteiger partial charge in [-0.3, -0.25) is 0 Å². The van der Waals surface area contributed by atoms with Crippen molar-refractivity contribution in [3.05, 3.63) is 60.2 Å². The summed E-state index contributed by atoms with van der Waals surface area (Å²) in [6.07, 6.45) is -0.441. The highest BCUT2D eigenvalue weighted by molar-refractivity contribution is 5.73. The van der Waals surface area contributed by atoms with Crippen LogP contribution in [-0.4, -0.2) is 31.6 Å². The SMILES string of the molecule is COC(C)C(C=O)NC(=O)OCc1cccc(-c2ccccc2)c1. The summed E-state index contributed by atoms with van der Waals surface area (Å²) in [4.78, 5) is 22.8. The lowest BCUT2D eigenvalue weighted by molar-refractivity contribution is -0.112. The summed E-state index contributed by atoms with van der Waals surface area (Å²) in [6, 6.07) is 17.0. The van der Waals surface area contributed by atoms with E-state index in [0.29, 0.717) is 6.29 Å². The van der Waals surface area contributed by atoms with Crippen molar-refractivity contribution in [2.75, 3.05) is 7.11 Å². The third kappa shape index (κ3) is 4.93. The Morgan fingerprint density at radius 3 is 2.50 bits per heavy atom. The summed E-state index contributed by atoms with van der Waals surface area (Å²) in [7, 11) is 1.48. The molecule has 2 aromatic carbocycles. The Morgan fingerprint density at radius 1 is 1.12 bits per heavy atom. The number of carbonyl (C=O) groups is 2. The molecule has 5 heteroatoms. The first-order valence-corrected chi connectivity index (χ1v) is 7.69. The van der Waals surface area contributed by atoms with Crippen LogP contribution in [-0.2, 0) is 20.9 Å². The number of rotatable bonds is 7. The smallest absolute Gasteiger partial charge is 0.408 e. The Balaban J connectivity index is 1.95. The van der Waals surface area contributed by atoms with Crippen LogP contribution in [0.15, 0.2) is 54.6 Å². The number of amides is 1. The first-order chi connectivity index (χ1) is 11.6. The van der Waals surface area contributed by atoms with Gasteiger partial charge in [0.2, 0.25) is 0 Å². The molecular formula is C19H21NO4. The largest absolute Gasteiger partial charge is 0.445 e. The van der Waals surface area contributed by atoms with Crippen LogP contribution in [0.1, 0.15) is 12.5 Å². The Kier molecular flexibility index (Phi) is 6.51. The molecule has 0 aliphatic heterocycles. The van der Waals surface area contributed by atoms with Crippen LogP contribution in [0.3, 0.4) is 0 Å². The second-order valence-electron chi connectivity index (χ2n) is 5.39. The van der Waals surface area contributed by atoms with Crippen molar-refractivity contribution in [1.82, 2.24) is 5.32 Å². The molecular weight excluding hydrogens is 306 g/mol. The van der Waals surface area contributed by atoms with E-state index < -0.39 is 18.2 Å². The Labute approximate surface area is 141 Å². The highest BCUT2D eigenvalue weighted by atomic mass is 16.5. The first kappa shape index (κ1) is 17.7. The summed E-state index contributed by atoms with van der Waals surface area (Å²) in [5.41, 5.74) is 3.02. The first-order valence-electron chi connectivity index (χ1n) is 7.69. The monoisotopic (exact) mass is 327 g/mol. The number of ether oxygens (including phenoxy) is 2. The van der Waals surface area contributed by atoms with Gasteiger partial charge in [-0.25, -0.2) is 4.79 Å². The Hall–Kier alpha value is -2.66. The van der Waals surface area contributed by atoms with E-state index in [2.05, 4.69) is 5.32 Å². The average Bonchev–Trinajstić information content (AvgIpc) is 2.64. The normalized spacial score (nSPS) is 12.9. The van der Waals surface area contributed by atoms with Gasteiger partial charge in [-0.1, -0.05) is 48.5 Å². The van der Waals surface area contributed by atoms with Gasteiger partial charge in [-0.15, -0.1) is 0 Å². The fraction of sp³-hybridized carbons (Fsp3) is 0.263. The molecule has 2 aromatic rings. The van der Waals surface area contributed by atoms with Crippen molar-refractivity contribution in [3.63, 3.8) is 0 Å². The molecule has 126 valence electrons. The molecule has 2 rings (SSSR count). The summed E-state index contributed by atoms with van der Waals surface area (Å²) in [6.45, 7) is 1.82. The van der Waals surface area contributed by atoms with Crippen LogP contribution in [0.25, 0.3) is 11.1 Å². The molecule has 0 radical (unpaired) electrons. The fourth-order valence-corrected chi connectivity index (χ4v) is 2.21. The highest BCUT2D eigenvalue weighted by Gasteiger charge is 2.19. The number of methoxy groups -OCH3 is 1. The highest BCUT2D eigenvalue weighted by Crippen LogP contribution is 2.20. The zero-order chi connectivity index (χ0) is 17.4. The molecule has 0 aliphatic carbocycles. The molecule has 24 heavy (non-hydrogen) atoms.